The molecule has 0 unspecified atom stereocenters. The summed E-state index contributed by atoms with van der Waals surface area (Å²) in [6.45, 7) is 2.16. The first-order valence-corrected chi connectivity index (χ1v) is 6.13. The van der Waals surface area contributed by atoms with E-state index in [0.717, 1.165) is 17.0 Å². The van der Waals surface area contributed by atoms with Gasteiger partial charge in [-0.3, -0.25) is 4.79 Å². The van der Waals surface area contributed by atoms with Crippen LogP contribution in [0, 0.1) is 12.7 Å². The summed E-state index contributed by atoms with van der Waals surface area (Å²) in [5, 5.41) is 2.79. The van der Waals surface area contributed by atoms with Gasteiger partial charge in [-0.25, -0.2) is 9.37 Å². The molecule has 1 amide bonds. The number of H-pyrrole nitrogens is 1. The summed E-state index contributed by atoms with van der Waals surface area (Å²) < 4.78 is 13.0. The topological polar surface area (TPSA) is 57.8 Å². The number of benzene rings is 1. The second-order valence-electron chi connectivity index (χ2n) is 4.18. The van der Waals surface area contributed by atoms with Crippen LogP contribution in [0.3, 0.4) is 0 Å². The number of imidazole rings is 1. The molecule has 19 heavy (non-hydrogen) atoms. The normalized spacial score (nSPS) is 10.5. The molecular weight excluding hydrogens is 269 g/mol. The van der Waals surface area contributed by atoms with Gasteiger partial charge in [0.05, 0.1) is 23.5 Å². The average molecular weight is 282 g/mol. The lowest BCUT2D eigenvalue weighted by Gasteiger charge is -2.05. The van der Waals surface area contributed by atoms with Gasteiger partial charge in [-0.1, -0.05) is 17.7 Å². The number of aromatic nitrogens is 2. The zero-order valence-electron chi connectivity index (χ0n) is 10.3. The molecule has 0 atom stereocenters. The molecule has 2 N–H and O–H groups in total. The minimum Gasteiger partial charge on any atom is -0.352 e. The van der Waals surface area contributed by atoms with Crippen LogP contribution in [-0.2, 0) is 17.8 Å². The summed E-state index contributed by atoms with van der Waals surface area (Å²) in [6.07, 6.45) is 1.77. The monoisotopic (exact) mass is 281 g/mol. The van der Waals surface area contributed by atoms with E-state index in [1.165, 1.54) is 12.1 Å². The first kappa shape index (κ1) is 13.5. The highest BCUT2D eigenvalue weighted by molar-refractivity contribution is 6.30. The second kappa shape index (κ2) is 5.84. The van der Waals surface area contributed by atoms with E-state index in [1.54, 1.807) is 12.4 Å². The van der Waals surface area contributed by atoms with Crippen LogP contribution < -0.4 is 5.32 Å². The fourth-order valence-electron chi connectivity index (χ4n) is 1.63. The van der Waals surface area contributed by atoms with Crippen LogP contribution in [0.4, 0.5) is 4.39 Å². The number of carbonyl (C=O) groups is 1. The highest BCUT2D eigenvalue weighted by atomic mass is 35.5. The molecule has 2 rings (SSSR count). The molecule has 1 heterocycles. The molecule has 0 saturated carbocycles. The maximum Gasteiger partial charge on any atom is 0.226 e. The molecule has 0 spiro atoms. The average Bonchev–Trinajstić information content (AvgIpc) is 2.77. The Balaban J connectivity index is 1.90. The molecule has 1 aromatic carbocycles. The number of rotatable bonds is 4. The van der Waals surface area contributed by atoms with E-state index in [0.29, 0.717) is 6.54 Å². The maximum atomic E-state index is 13.0. The third-order valence-electron chi connectivity index (χ3n) is 2.74. The van der Waals surface area contributed by atoms with E-state index >= 15 is 0 Å². The standard InChI is InChI=1S/C13H13ClFN3O/c1-8-12(18-7-17-8)5-13(19)16-6-9-2-3-11(15)10(14)4-9/h2-4,7H,5-6H2,1H3,(H,16,19)(H,17,18). The van der Waals surface area contributed by atoms with Crippen molar-refractivity contribution in [3.63, 3.8) is 0 Å². The van der Waals surface area contributed by atoms with Gasteiger partial charge in [0.25, 0.3) is 0 Å². The number of hydrogen-bond acceptors (Lipinski definition) is 2. The van der Waals surface area contributed by atoms with Crippen molar-refractivity contribution in [2.24, 2.45) is 0 Å². The van der Waals surface area contributed by atoms with Crippen LogP contribution in [0.25, 0.3) is 0 Å². The summed E-state index contributed by atoms with van der Waals surface area (Å²) in [7, 11) is 0. The van der Waals surface area contributed by atoms with Crippen molar-refractivity contribution in [1.82, 2.24) is 15.3 Å². The van der Waals surface area contributed by atoms with E-state index in [4.69, 9.17) is 11.6 Å². The minimum atomic E-state index is -0.469. The lowest BCUT2D eigenvalue weighted by Crippen LogP contribution is -2.25. The van der Waals surface area contributed by atoms with E-state index in [2.05, 4.69) is 15.3 Å². The first-order valence-electron chi connectivity index (χ1n) is 5.75. The molecule has 0 bridgehead atoms. The smallest absolute Gasteiger partial charge is 0.226 e. The summed E-state index contributed by atoms with van der Waals surface area (Å²) >= 11 is 5.66. The number of nitrogens with zero attached hydrogens (tertiary/aromatic N) is 1. The van der Waals surface area contributed by atoms with Crippen molar-refractivity contribution in [1.29, 1.82) is 0 Å². The van der Waals surface area contributed by atoms with Crippen molar-refractivity contribution in [2.45, 2.75) is 19.9 Å². The van der Waals surface area contributed by atoms with Gasteiger partial charge in [0.15, 0.2) is 0 Å². The first-order chi connectivity index (χ1) is 9.06. The van der Waals surface area contributed by atoms with Crippen molar-refractivity contribution in [3.05, 3.63) is 52.3 Å². The number of aryl methyl sites for hydroxylation is 1. The minimum absolute atomic E-state index is 0.0508. The molecule has 4 nitrogen and oxygen atoms in total. The maximum absolute atomic E-state index is 13.0. The highest BCUT2D eigenvalue weighted by Gasteiger charge is 2.08. The second-order valence-corrected chi connectivity index (χ2v) is 4.58. The Bertz CT molecular complexity index is 597. The number of hydrogen-bond donors (Lipinski definition) is 2. The number of carbonyl (C=O) groups excluding carboxylic acids is 1. The van der Waals surface area contributed by atoms with Gasteiger partial charge in [-0.2, -0.15) is 0 Å². The summed E-state index contributed by atoms with van der Waals surface area (Å²) in [5.74, 6) is -0.612. The summed E-state index contributed by atoms with van der Waals surface area (Å²) in [6, 6.07) is 4.36. The fraction of sp³-hybridized carbons (Fsp3) is 0.231. The van der Waals surface area contributed by atoms with E-state index in [9.17, 15) is 9.18 Å². The Kier molecular flexibility index (Phi) is 4.16. The van der Waals surface area contributed by atoms with Crippen LogP contribution in [0.1, 0.15) is 17.0 Å². The summed E-state index contributed by atoms with van der Waals surface area (Å²) in [4.78, 5) is 18.7. The largest absolute Gasteiger partial charge is 0.352 e. The predicted octanol–water partition coefficient (Wildman–Crippen LogP) is 2.37. The van der Waals surface area contributed by atoms with E-state index in [1.807, 2.05) is 6.92 Å². The molecule has 0 aliphatic rings. The van der Waals surface area contributed by atoms with Gasteiger partial charge in [0.2, 0.25) is 5.91 Å². The SMILES string of the molecule is Cc1[nH]cnc1CC(=O)NCc1ccc(F)c(Cl)c1. The third kappa shape index (κ3) is 3.54. The summed E-state index contributed by atoms with van der Waals surface area (Å²) in [5.41, 5.74) is 2.34. The van der Waals surface area contributed by atoms with Gasteiger partial charge >= 0.3 is 0 Å². The Labute approximate surface area is 115 Å². The van der Waals surface area contributed by atoms with Crippen LogP contribution in [0.15, 0.2) is 24.5 Å². The lowest BCUT2D eigenvalue weighted by atomic mass is 10.2. The Morgan fingerprint density at radius 3 is 2.95 bits per heavy atom. The van der Waals surface area contributed by atoms with Crippen LogP contribution >= 0.6 is 11.6 Å². The Morgan fingerprint density at radius 1 is 1.53 bits per heavy atom. The zero-order valence-corrected chi connectivity index (χ0v) is 11.1. The molecule has 0 aliphatic carbocycles. The van der Waals surface area contributed by atoms with Gasteiger partial charge < -0.3 is 10.3 Å². The molecule has 0 saturated heterocycles. The van der Waals surface area contributed by atoms with Crippen LogP contribution in [0.2, 0.25) is 5.02 Å². The Hall–Kier alpha value is -1.88. The predicted molar refractivity (Wildman–Crippen MR) is 70.3 cm³/mol. The van der Waals surface area contributed by atoms with Crippen LogP contribution in [0.5, 0.6) is 0 Å². The van der Waals surface area contributed by atoms with Crippen molar-refractivity contribution in [3.8, 4) is 0 Å². The molecule has 6 heteroatoms. The number of amides is 1. The van der Waals surface area contributed by atoms with E-state index < -0.39 is 5.82 Å². The van der Waals surface area contributed by atoms with E-state index in [-0.39, 0.29) is 17.4 Å². The van der Waals surface area contributed by atoms with Gasteiger partial charge in [0.1, 0.15) is 5.82 Å². The van der Waals surface area contributed by atoms with Crippen LogP contribution in [-0.4, -0.2) is 15.9 Å². The number of halogens is 2. The lowest BCUT2D eigenvalue weighted by molar-refractivity contribution is -0.120. The highest BCUT2D eigenvalue weighted by Crippen LogP contribution is 2.15. The fourth-order valence-corrected chi connectivity index (χ4v) is 1.83. The molecule has 0 fully saturated rings. The molecular formula is C13H13ClFN3O. The van der Waals surface area contributed by atoms with Crippen molar-refractivity contribution >= 4 is 17.5 Å². The molecule has 2 aromatic rings. The van der Waals surface area contributed by atoms with Crippen molar-refractivity contribution in [2.75, 3.05) is 0 Å². The molecule has 0 aliphatic heterocycles. The molecule has 100 valence electrons. The van der Waals surface area contributed by atoms with Gasteiger partial charge in [-0.05, 0) is 24.6 Å². The Morgan fingerprint density at radius 2 is 2.32 bits per heavy atom. The molecule has 1 aromatic heterocycles. The van der Waals surface area contributed by atoms with Crippen molar-refractivity contribution < 1.29 is 9.18 Å². The van der Waals surface area contributed by atoms with Gasteiger partial charge in [0, 0.05) is 12.2 Å². The zero-order chi connectivity index (χ0) is 13.8. The number of nitrogens with one attached hydrogen (secondary N) is 2. The number of aromatic amines is 1. The van der Waals surface area contributed by atoms with Gasteiger partial charge in [-0.15, -0.1) is 0 Å². The third-order valence-corrected chi connectivity index (χ3v) is 3.03. The molecule has 0 radical (unpaired) electrons. The quantitative estimate of drug-likeness (QED) is 0.904.